The third kappa shape index (κ3) is 1.00. The molecule has 2 heterocycles. The number of rotatable bonds is 0. The van der Waals surface area contributed by atoms with Gasteiger partial charge >= 0.3 is 0 Å². The highest BCUT2D eigenvalue weighted by atomic mass is 32.2. The van der Waals surface area contributed by atoms with Gasteiger partial charge in [0.05, 0.1) is 5.37 Å². The van der Waals surface area contributed by atoms with Crippen LogP contribution in [0.15, 0.2) is 0 Å². The number of hydrogen-bond donors (Lipinski definition) is 2. The Morgan fingerprint density at radius 2 is 2.30 bits per heavy atom. The standard InChI is InChI=1S/C6H12N2OS/c9-10-4-2-5-1-3-7-8-6(5)10/h5-8H,1-4H2. The van der Waals surface area contributed by atoms with Crippen LogP contribution in [0.3, 0.4) is 0 Å². The van der Waals surface area contributed by atoms with Crippen LogP contribution < -0.4 is 10.9 Å². The summed E-state index contributed by atoms with van der Waals surface area (Å²) in [5.74, 6) is 1.56. The lowest BCUT2D eigenvalue weighted by Gasteiger charge is -2.25. The molecule has 2 rings (SSSR count). The lowest BCUT2D eigenvalue weighted by Crippen LogP contribution is -2.50. The second-order valence-electron chi connectivity index (χ2n) is 2.91. The average molecular weight is 160 g/mol. The van der Waals surface area contributed by atoms with Crippen molar-refractivity contribution in [1.29, 1.82) is 0 Å². The highest BCUT2D eigenvalue weighted by molar-refractivity contribution is 7.85. The fourth-order valence-corrected chi connectivity index (χ4v) is 3.38. The van der Waals surface area contributed by atoms with Crippen LogP contribution >= 0.6 is 0 Å². The third-order valence-electron chi connectivity index (χ3n) is 2.29. The minimum absolute atomic E-state index is 0.244. The Bertz CT molecular complexity index is 162. The zero-order valence-corrected chi connectivity index (χ0v) is 6.62. The molecule has 4 heteroatoms. The van der Waals surface area contributed by atoms with Gasteiger partial charge in [0.2, 0.25) is 0 Å². The van der Waals surface area contributed by atoms with Crippen LogP contribution in [0.2, 0.25) is 0 Å². The van der Waals surface area contributed by atoms with E-state index >= 15 is 0 Å². The zero-order valence-electron chi connectivity index (χ0n) is 5.80. The molecule has 0 aliphatic carbocycles. The van der Waals surface area contributed by atoms with Crippen molar-refractivity contribution in [3.8, 4) is 0 Å². The Labute approximate surface area is 63.0 Å². The molecule has 2 aliphatic heterocycles. The van der Waals surface area contributed by atoms with Gasteiger partial charge in [-0.25, -0.2) is 5.43 Å². The van der Waals surface area contributed by atoms with Crippen LogP contribution in [-0.4, -0.2) is 21.9 Å². The molecule has 0 saturated carbocycles. The van der Waals surface area contributed by atoms with E-state index < -0.39 is 10.8 Å². The van der Waals surface area contributed by atoms with Crippen LogP contribution in [0.1, 0.15) is 12.8 Å². The van der Waals surface area contributed by atoms with Crippen LogP contribution in [-0.2, 0) is 10.8 Å². The maximum Gasteiger partial charge on any atom is 0.0992 e. The maximum absolute atomic E-state index is 11.2. The van der Waals surface area contributed by atoms with Crippen LogP contribution in [0.5, 0.6) is 0 Å². The Kier molecular flexibility index (Phi) is 1.76. The number of fused-ring (bicyclic) bond motifs is 1. The second kappa shape index (κ2) is 2.60. The Hall–Kier alpha value is 0.0700. The molecule has 0 spiro atoms. The van der Waals surface area contributed by atoms with Crippen molar-refractivity contribution in [2.24, 2.45) is 5.92 Å². The maximum atomic E-state index is 11.2. The first-order valence-electron chi connectivity index (χ1n) is 3.73. The number of hydrogen-bond acceptors (Lipinski definition) is 3. The predicted molar refractivity (Wildman–Crippen MR) is 40.7 cm³/mol. The molecule has 58 valence electrons. The summed E-state index contributed by atoms with van der Waals surface area (Å²) in [7, 11) is -0.613. The molecule has 0 aromatic rings. The molecule has 0 amide bonds. The first-order chi connectivity index (χ1) is 4.88. The van der Waals surface area contributed by atoms with Gasteiger partial charge in [-0.2, -0.15) is 0 Å². The zero-order chi connectivity index (χ0) is 6.97. The number of nitrogens with one attached hydrogen (secondary N) is 2. The molecule has 0 aromatic carbocycles. The summed E-state index contributed by atoms with van der Waals surface area (Å²) in [6.45, 7) is 1.03. The van der Waals surface area contributed by atoms with E-state index in [0.29, 0.717) is 5.92 Å². The molecule has 3 unspecified atom stereocenters. The van der Waals surface area contributed by atoms with Crippen molar-refractivity contribution in [1.82, 2.24) is 10.9 Å². The first kappa shape index (κ1) is 6.76. The summed E-state index contributed by atoms with van der Waals surface area (Å²) in [4.78, 5) is 0. The summed E-state index contributed by atoms with van der Waals surface area (Å²) in [5, 5.41) is 0.244. The van der Waals surface area contributed by atoms with Gasteiger partial charge in [-0.05, 0) is 18.8 Å². The average Bonchev–Trinajstić information content (AvgIpc) is 2.34. The lowest BCUT2D eigenvalue weighted by molar-refractivity contribution is 0.316. The Morgan fingerprint density at radius 1 is 1.40 bits per heavy atom. The molecule has 2 fully saturated rings. The molecule has 2 aliphatic rings. The van der Waals surface area contributed by atoms with Crippen LogP contribution in [0, 0.1) is 5.92 Å². The van der Waals surface area contributed by atoms with Crippen molar-refractivity contribution in [3.05, 3.63) is 0 Å². The van der Waals surface area contributed by atoms with Gasteiger partial charge in [0, 0.05) is 23.1 Å². The highest BCUT2D eigenvalue weighted by Crippen LogP contribution is 2.25. The smallest absolute Gasteiger partial charge is 0.0992 e. The van der Waals surface area contributed by atoms with Crippen molar-refractivity contribution >= 4 is 10.8 Å². The quantitative estimate of drug-likeness (QED) is 0.505. The van der Waals surface area contributed by atoms with E-state index in [1.807, 2.05) is 0 Å². The minimum Gasteiger partial charge on any atom is -0.258 e. The van der Waals surface area contributed by atoms with Crippen LogP contribution in [0.25, 0.3) is 0 Å². The summed E-state index contributed by atoms with van der Waals surface area (Å²) in [6.07, 6.45) is 2.33. The van der Waals surface area contributed by atoms with Gasteiger partial charge in [-0.3, -0.25) is 9.63 Å². The van der Waals surface area contributed by atoms with E-state index in [4.69, 9.17) is 0 Å². The molecule has 3 atom stereocenters. The highest BCUT2D eigenvalue weighted by Gasteiger charge is 2.34. The molecule has 2 saturated heterocycles. The molecule has 3 nitrogen and oxygen atoms in total. The van der Waals surface area contributed by atoms with E-state index in [1.165, 1.54) is 6.42 Å². The summed E-state index contributed by atoms with van der Waals surface area (Å²) < 4.78 is 11.2. The summed E-state index contributed by atoms with van der Waals surface area (Å²) in [6, 6.07) is 0. The minimum atomic E-state index is -0.613. The number of hydrazine groups is 1. The van der Waals surface area contributed by atoms with E-state index in [2.05, 4.69) is 10.9 Å². The molecule has 0 bridgehead atoms. The second-order valence-corrected chi connectivity index (χ2v) is 4.59. The normalized spacial score (nSPS) is 47.0. The fraction of sp³-hybridized carbons (Fsp3) is 1.00. The largest absolute Gasteiger partial charge is 0.258 e. The van der Waals surface area contributed by atoms with E-state index in [1.54, 1.807) is 0 Å². The van der Waals surface area contributed by atoms with Gasteiger partial charge in [-0.15, -0.1) is 0 Å². The molecule has 0 aromatic heterocycles. The molecule has 10 heavy (non-hydrogen) atoms. The lowest BCUT2D eigenvalue weighted by atomic mass is 10.0. The SMILES string of the molecule is O=S1CCC2CCNNC21. The topological polar surface area (TPSA) is 41.1 Å². The van der Waals surface area contributed by atoms with Gasteiger partial charge < -0.3 is 0 Å². The summed E-state index contributed by atoms with van der Waals surface area (Å²) >= 11 is 0. The van der Waals surface area contributed by atoms with E-state index in [9.17, 15) is 4.21 Å². The van der Waals surface area contributed by atoms with Gasteiger partial charge in [0.1, 0.15) is 0 Å². The van der Waals surface area contributed by atoms with Gasteiger partial charge in [0.15, 0.2) is 0 Å². The molecular formula is C6H12N2OS. The van der Waals surface area contributed by atoms with Crippen molar-refractivity contribution < 1.29 is 4.21 Å². The van der Waals surface area contributed by atoms with E-state index in [0.717, 1.165) is 18.7 Å². The fourth-order valence-electron chi connectivity index (χ4n) is 1.67. The first-order valence-corrected chi connectivity index (χ1v) is 5.12. The Morgan fingerprint density at radius 3 is 3.10 bits per heavy atom. The molecule has 0 radical (unpaired) electrons. The monoisotopic (exact) mass is 160 g/mol. The van der Waals surface area contributed by atoms with Crippen LogP contribution in [0.4, 0.5) is 0 Å². The Balaban J connectivity index is 2.08. The van der Waals surface area contributed by atoms with E-state index in [-0.39, 0.29) is 5.37 Å². The molecule has 2 N–H and O–H groups in total. The van der Waals surface area contributed by atoms with Gasteiger partial charge in [0.25, 0.3) is 0 Å². The van der Waals surface area contributed by atoms with Crippen molar-refractivity contribution in [2.75, 3.05) is 12.3 Å². The van der Waals surface area contributed by atoms with Crippen molar-refractivity contribution in [2.45, 2.75) is 18.2 Å². The predicted octanol–water partition coefficient (Wildman–Crippen LogP) is -0.421. The van der Waals surface area contributed by atoms with Gasteiger partial charge in [-0.1, -0.05) is 0 Å². The van der Waals surface area contributed by atoms with Crippen molar-refractivity contribution in [3.63, 3.8) is 0 Å². The third-order valence-corrected chi connectivity index (χ3v) is 3.99. The summed E-state index contributed by atoms with van der Waals surface area (Å²) in [5.41, 5.74) is 6.12. The molecular weight excluding hydrogens is 148 g/mol.